The number of hydrazine groups is 1. The van der Waals surface area contributed by atoms with E-state index in [2.05, 4.69) is 0 Å². The maximum atomic E-state index is 11.3. The number of rotatable bonds is 3. The molecule has 1 aromatic carbocycles. The Balaban J connectivity index is 3.02. The van der Waals surface area contributed by atoms with Gasteiger partial charge in [-0.05, 0) is 19.1 Å². The van der Waals surface area contributed by atoms with Gasteiger partial charge in [0.25, 0.3) is 0 Å². The van der Waals surface area contributed by atoms with E-state index in [1.807, 2.05) is 0 Å². The molecule has 0 aromatic heterocycles. The van der Waals surface area contributed by atoms with Gasteiger partial charge in [-0.1, -0.05) is 12.1 Å². The summed E-state index contributed by atoms with van der Waals surface area (Å²) in [5.74, 6) is 3.78. The predicted octanol–water partition coefficient (Wildman–Crippen LogP) is -0.223. The lowest BCUT2D eigenvalue weighted by Crippen LogP contribution is -2.45. The van der Waals surface area contributed by atoms with Crippen molar-refractivity contribution in [2.45, 2.75) is 6.92 Å². The van der Waals surface area contributed by atoms with Crippen LogP contribution in [-0.4, -0.2) is 18.4 Å². The lowest BCUT2D eigenvalue weighted by Gasteiger charge is -2.18. The minimum Gasteiger partial charge on any atom is -0.492 e. The Morgan fingerprint density at radius 3 is 2.56 bits per heavy atom. The van der Waals surface area contributed by atoms with E-state index in [9.17, 15) is 9.59 Å². The molecule has 0 heterocycles. The molecule has 0 atom stereocenters. The van der Waals surface area contributed by atoms with Crippen molar-refractivity contribution in [2.75, 3.05) is 11.6 Å². The fourth-order valence-corrected chi connectivity index (χ4v) is 1.16. The molecule has 0 fully saturated rings. The summed E-state index contributed by atoms with van der Waals surface area (Å²) in [7, 11) is 0. The molecular formula is C10H13N3O3. The number of ether oxygens (including phenoxy) is 1. The number of carbonyl (C=O) groups is 2. The van der Waals surface area contributed by atoms with E-state index in [0.717, 1.165) is 0 Å². The minimum atomic E-state index is -1.12. The molecule has 0 saturated heterocycles. The second kappa shape index (κ2) is 5.13. The van der Waals surface area contributed by atoms with Crippen LogP contribution in [0.2, 0.25) is 0 Å². The molecule has 2 amide bonds. The zero-order valence-corrected chi connectivity index (χ0v) is 8.84. The first-order chi connectivity index (χ1) is 7.57. The van der Waals surface area contributed by atoms with E-state index in [1.165, 1.54) is 0 Å². The largest absolute Gasteiger partial charge is 0.492 e. The van der Waals surface area contributed by atoms with Crippen molar-refractivity contribution in [3.63, 3.8) is 0 Å². The van der Waals surface area contributed by atoms with Crippen LogP contribution in [0.1, 0.15) is 6.92 Å². The number of carbonyl (C=O) groups excluding carboxylic acids is 2. The predicted molar refractivity (Wildman–Crippen MR) is 58.5 cm³/mol. The van der Waals surface area contributed by atoms with Gasteiger partial charge in [-0.25, -0.2) is 10.9 Å². The SMILES string of the molecule is CCOc1ccccc1N(N)C(=O)C(N)=O. The number of hydrogen-bond acceptors (Lipinski definition) is 4. The first-order valence-electron chi connectivity index (χ1n) is 4.68. The monoisotopic (exact) mass is 223 g/mol. The maximum Gasteiger partial charge on any atom is 0.330 e. The van der Waals surface area contributed by atoms with Crippen LogP contribution >= 0.6 is 0 Å². The molecule has 0 aliphatic carbocycles. The van der Waals surface area contributed by atoms with Crippen LogP contribution in [0.15, 0.2) is 24.3 Å². The summed E-state index contributed by atoms with van der Waals surface area (Å²) in [6.07, 6.45) is 0. The summed E-state index contributed by atoms with van der Waals surface area (Å²) in [6, 6.07) is 6.61. The highest BCUT2D eigenvalue weighted by Gasteiger charge is 2.20. The van der Waals surface area contributed by atoms with Gasteiger partial charge in [0.1, 0.15) is 11.4 Å². The molecule has 1 aromatic rings. The molecule has 0 saturated carbocycles. The van der Waals surface area contributed by atoms with Gasteiger partial charge in [0.2, 0.25) is 0 Å². The first-order valence-corrected chi connectivity index (χ1v) is 4.68. The van der Waals surface area contributed by atoms with Gasteiger partial charge in [0, 0.05) is 0 Å². The number of hydrogen-bond donors (Lipinski definition) is 2. The minimum absolute atomic E-state index is 0.299. The molecule has 0 radical (unpaired) electrons. The van der Waals surface area contributed by atoms with E-state index in [1.54, 1.807) is 31.2 Å². The Morgan fingerprint density at radius 2 is 2.00 bits per heavy atom. The number of anilines is 1. The van der Waals surface area contributed by atoms with Crippen LogP contribution in [0.25, 0.3) is 0 Å². The number of amides is 2. The van der Waals surface area contributed by atoms with Crippen LogP contribution in [0.3, 0.4) is 0 Å². The molecule has 0 unspecified atom stereocenters. The molecule has 4 N–H and O–H groups in total. The standard InChI is InChI=1S/C10H13N3O3/c1-2-16-8-6-4-3-5-7(8)13(12)10(15)9(11)14/h3-6H,2,12H2,1H3,(H2,11,14). The van der Waals surface area contributed by atoms with Crippen molar-refractivity contribution < 1.29 is 14.3 Å². The van der Waals surface area contributed by atoms with Gasteiger partial charge in [-0.3, -0.25) is 9.59 Å². The van der Waals surface area contributed by atoms with E-state index in [4.69, 9.17) is 16.3 Å². The number of primary amides is 1. The van der Waals surface area contributed by atoms with Crippen molar-refractivity contribution in [1.82, 2.24) is 0 Å². The van der Waals surface area contributed by atoms with E-state index >= 15 is 0 Å². The molecule has 0 aliphatic rings. The Hall–Kier alpha value is -2.08. The van der Waals surface area contributed by atoms with Crippen LogP contribution in [0, 0.1) is 0 Å². The Kier molecular flexibility index (Phi) is 3.84. The van der Waals surface area contributed by atoms with Crippen molar-refractivity contribution in [2.24, 2.45) is 11.6 Å². The summed E-state index contributed by atoms with van der Waals surface area (Å²) in [4.78, 5) is 22.0. The molecule has 86 valence electrons. The van der Waals surface area contributed by atoms with Crippen LogP contribution in [0.5, 0.6) is 5.75 Å². The topological polar surface area (TPSA) is 98.7 Å². The highest BCUT2D eigenvalue weighted by molar-refractivity contribution is 6.39. The van der Waals surface area contributed by atoms with E-state index in [0.29, 0.717) is 23.1 Å². The van der Waals surface area contributed by atoms with Crippen molar-refractivity contribution in [3.8, 4) is 5.75 Å². The van der Waals surface area contributed by atoms with Crippen LogP contribution in [-0.2, 0) is 9.59 Å². The zero-order valence-electron chi connectivity index (χ0n) is 8.84. The zero-order chi connectivity index (χ0) is 12.1. The highest BCUT2D eigenvalue weighted by Crippen LogP contribution is 2.25. The summed E-state index contributed by atoms with van der Waals surface area (Å²) < 4.78 is 5.26. The van der Waals surface area contributed by atoms with Crippen LogP contribution in [0.4, 0.5) is 5.69 Å². The lowest BCUT2D eigenvalue weighted by atomic mass is 10.3. The van der Waals surface area contributed by atoms with Crippen LogP contribution < -0.4 is 21.3 Å². The second-order valence-electron chi connectivity index (χ2n) is 2.94. The average Bonchev–Trinajstić information content (AvgIpc) is 2.28. The highest BCUT2D eigenvalue weighted by atomic mass is 16.5. The summed E-state index contributed by atoms with van der Waals surface area (Å²) in [6.45, 7) is 2.23. The second-order valence-corrected chi connectivity index (χ2v) is 2.94. The van der Waals surface area contributed by atoms with Crippen molar-refractivity contribution in [1.29, 1.82) is 0 Å². The molecule has 0 aliphatic heterocycles. The van der Waals surface area contributed by atoms with E-state index in [-0.39, 0.29) is 0 Å². The van der Waals surface area contributed by atoms with Gasteiger partial charge in [-0.2, -0.15) is 0 Å². The van der Waals surface area contributed by atoms with Gasteiger partial charge in [-0.15, -0.1) is 0 Å². The summed E-state index contributed by atoms with van der Waals surface area (Å²) in [5, 5.41) is 0.674. The summed E-state index contributed by atoms with van der Waals surface area (Å²) >= 11 is 0. The van der Waals surface area contributed by atoms with Gasteiger partial charge in [0.05, 0.1) is 6.61 Å². The Bertz CT molecular complexity index is 406. The Labute approximate surface area is 92.7 Å². The van der Waals surface area contributed by atoms with Crippen molar-refractivity contribution >= 4 is 17.5 Å². The van der Waals surface area contributed by atoms with Gasteiger partial charge >= 0.3 is 11.8 Å². The van der Waals surface area contributed by atoms with Gasteiger partial charge < -0.3 is 10.5 Å². The first kappa shape index (κ1) is 12.0. The third-order valence-electron chi connectivity index (χ3n) is 1.85. The normalized spacial score (nSPS) is 9.62. The van der Waals surface area contributed by atoms with E-state index < -0.39 is 11.8 Å². The molecular weight excluding hydrogens is 210 g/mol. The number of nitrogens with two attached hydrogens (primary N) is 2. The third kappa shape index (κ3) is 2.48. The third-order valence-corrected chi connectivity index (χ3v) is 1.85. The number of benzene rings is 1. The smallest absolute Gasteiger partial charge is 0.330 e. The number of para-hydroxylation sites is 2. The lowest BCUT2D eigenvalue weighted by molar-refractivity contribution is -0.135. The maximum absolute atomic E-state index is 11.3. The molecule has 0 spiro atoms. The molecule has 0 bridgehead atoms. The molecule has 16 heavy (non-hydrogen) atoms. The molecule has 1 rings (SSSR count). The molecule has 6 nitrogen and oxygen atoms in total. The van der Waals surface area contributed by atoms with Crippen molar-refractivity contribution in [3.05, 3.63) is 24.3 Å². The van der Waals surface area contributed by atoms with Gasteiger partial charge in [0.15, 0.2) is 0 Å². The quantitative estimate of drug-likeness (QED) is 0.320. The Morgan fingerprint density at radius 1 is 1.38 bits per heavy atom. The summed E-state index contributed by atoms with van der Waals surface area (Å²) in [5.41, 5.74) is 5.15. The molecule has 6 heteroatoms. The number of nitrogens with zero attached hydrogens (tertiary/aromatic N) is 1. The average molecular weight is 223 g/mol. The fourth-order valence-electron chi connectivity index (χ4n) is 1.16. The fraction of sp³-hybridized carbons (Fsp3) is 0.200.